The molecule has 0 bridgehead atoms. The van der Waals surface area contributed by atoms with Crippen LogP contribution in [0.3, 0.4) is 0 Å². The Morgan fingerprint density at radius 2 is 1.89 bits per heavy atom. The van der Waals surface area contributed by atoms with Gasteiger partial charge in [0, 0.05) is 24.8 Å². The van der Waals surface area contributed by atoms with E-state index in [4.69, 9.17) is 5.14 Å². The first-order chi connectivity index (χ1) is 8.42. The first-order valence-corrected chi connectivity index (χ1v) is 7.20. The molecule has 1 amide bonds. The normalized spacial score (nSPS) is 11.0. The average Bonchev–Trinajstić information content (AvgIpc) is 2.33. The number of hydrogen-bond donors (Lipinski definition) is 3. The largest absolute Gasteiger partial charge is 0.388 e. The molecule has 0 saturated carbocycles. The zero-order valence-corrected chi connectivity index (χ0v) is 11.0. The van der Waals surface area contributed by atoms with Crippen LogP contribution in [0.5, 0.6) is 0 Å². The van der Waals surface area contributed by atoms with Crippen molar-refractivity contribution in [2.24, 2.45) is 5.14 Å². The predicted octanol–water partition coefficient (Wildman–Crippen LogP) is 0.137. The molecular formula is C11H17N3O3S. The molecule has 0 saturated heterocycles. The number of hydrogen-bond acceptors (Lipinski definition) is 4. The lowest BCUT2D eigenvalue weighted by Gasteiger charge is -2.05. The van der Waals surface area contributed by atoms with Crippen molar-refractivity contribution in [1.82, 2.24) is 5.32 Å². The highest BCUT2D eigenvalue weighted by Crippen LogP contribution is 2.08. The van der Waals surface area contributed by atoms with E-state index in [-0.39, 0.29) is 18.2 Å². The SMILES string of the molecule is CNc1ccc(C(=O)NCCCS(N)(=O)=O)cc1. The fraction of sp³-hybridized carbons (Fsp3) is 0.364. The molecule has 0 spiro atoms. The molecule has 0 aliphatic rings. The smallest absolute Gasteiger partial charge is 0.251 e. The molecule has 4 N–H and O–H groups in total. The molecule has 1 aromatic rings. The van der Waals surface area contributed by atoms with Crippen LogP contribution in [0.15, 0.2) is 24.3 Å². The molecule has 7 heteroatoms. The number of carbonyl (C=O) groups is 1. The van der Waals surface area contributed by atoms with Crippen molar-refractivity contribution in [3.63, 3.8) is 0 Å². The summed E-state index contributed by atoms with van der Waals surface area (Å²) in [6.07, 6.45) is 0.305. The molecule has 0 unspecified atom stereocenters. The number of carbonyl (C=O) groups excluding carboxylic acids is 1. The van der Waals surface area contributed by atoms with E-state index in [9.17, 15) is 13.2 Å². The highest BCUT2D eigenvalue weighted by atomic mass is 32.2. The van der Waals surface area contributed by atoms with Gasteiger partial charge in [-0.3, -0.25) is 4.79 Å². The minimum Gasteiger partial charge on any atom is -0.388 e. The molecule has 1 rings (SSSR count). The maximum Gasteiger partial charge on any atom is 0.251 e. The van der Waals surface area contributed by atoms with E-state index in [1.165, 1.54) is 0 Å². The second-order valence-corrected chi connectivity index (χ2v) is 5.54. The molecule has 0 radical (unpaired) electrons. The van der Waals surface area contributed by atoms with Gasteiger partial charge in [-0.05, 0) is 30.7 Å². The Morgan fingerprint density at radius 3 is 2.39 bits per heavy atom. The van der Waals surface area contributed by atoms with Gasteiger partial charge in [-0.2, -0.15) is 0 Å². The molecule has 0 fully saturated rings. The minimum atomic E-state index is -3.46. The summed E-state index contributed by atoms with van der Waals surface area (Å²) >= 11 is 0. The van der Waals surface area contributed by atoms with Crippen molar-refractivity contribution < 1.29 is 13.2 Å². The zero-order chi connectivity index (χ0) is 13.6. The first-order valence-electron chi connectivity index (χ1n) is 5.49. The second kappa shape index (κ2) is 6.36. The summed E-state index contributed by atoms with van der Waals surface area (Å²) in [7, 11) is -1.66. The summed E-state index contributed by atoms with van der Waals surface area (Å²) in [4.78, 5) is 11.7. The molecular weight excluding hydrogens is 254 g/mol. The van der Waals surface area contributed by atoms with Crippen LogP contribution in [0, 0.1) is 0 Å². The van der Waals surface area contributed by atoms with Crippen LogP contribution in [0.25, 0.3) is 0 Å². The highest BCUT2D eigenvalue weighted by molar-refractivity contribution is 7.89. The number of nitrogens with one attached hydrogen (secondary N) is 2. The van der Waals surface area contributed by atoms with Gasteiger partial charge in [0.05, 0.1) is 5.75 Å². The van der Waals surface area contributed by atoms with Crippen LogP contribution in [0.4, 0.5) is 5.69 Å². The van der Waals surface area contributed by atoms with Gasteiger partial charge in [-0.25, -0.2) is 13.6 Å². The number of primary sulfonamides is 1. The highest BCUT2D eigenvalue weighted by Gasteiger charge is 2.06. The topological polar surface area (TPSA) is 101 Å². The predicted molar refractivity (Wildman–Crippen MR) is 70.9 cm³/mol. The lowest BCUT2D eigenvalue weighted by Crippen LogP contribution is -2.27. The molecule has 1 aromatic carbocycles. The van der Waals surface area contributed by atoms with E-state index in [1.54, 1.807) is 31.3 Å². The molecule has 0 heterocycles. The number of benzene rings is 1. The summed E-state index contributed by atoms with van der Waals surface area (Å²) in [5.41, 5.74) is 1.45. The van der Waals surface area contributed by atoms with Crippen molar-refractivity contribution in [2.75, 3.05) is 24.7 Å². The second-order valence-electron chi connectivity index (χ2n) is 3.80. The fourth-order valence-corrected chi connectivity index (χ4v) is 1.91. The summed E-state index contributed by atoms with van der Waals surface area (Å²) in [6, 6.07) is 6.97. The van der Waals surface area contributed by atoms with E-state index < -0.39 is 10.0 Å². The van der Waals surface area contributed by atoms with Gasteiger partial charge < -0.3 is 10.6 Å². The molecule has 18 heavy (non-hydrogen) atoms. The maximum absolute atomic E-state index is 11.7. The van der Waals surface area contributed by atoms with Gasteiger partial charge >= 0.3 is 0 Å². The van der Waals surface area contributed by atoms with Crippen LogP contribution in [0.2, 0.25) is 0 Å². The van der Waals surface area contributed by atoms with E-state index in [1.807, 2.05) is 0 Å². The standard InChI is InChI=1S/C11H17N3O3S/c1-13-10-5-3-9(4-6-10)11(15)14-7-2-8-18(12,16)17/h3-6,13H,2,7-8H2,1H3,(H,14,15)(H2,12,16,17). The monoisotopic (exact) mass is 271 g/mol. The molecule has 100 valence electrons. The van der Waals surface area contributed by atoms with Crippen molar-refractivity contribution in [3.8, 4) is 0 Å². The van der Waals surface area contributed by atoms with E-state index in [2.05, 4.69) is 10.6 Å². The molecule has 0 aliphatic heterocycles. The number of nitrogens with two attached hydrogens (primary N) is 1. The Kier molecular flexibility index (Phi) is 5.11. The van der Waals surface area contributed by atoms with E-state index in [0.29, 0.717) is 12.0 Å². The minimum absolute atomic E-state index is 0.133. The maximum atomic E-state index is 11.7. The van der Waals surface area contributed by atoms with Crippen LogP contribution >= 0.6 is 0 Å². The van der Waals surface area contributed by atoms with Gasteiger partial charge in [0.2, 0.25) is 10.0 Å². The van der Waals surface area contributed by atoms with Gasteiger partial charge in [0.1, 0.15) is 0 Å². The Labute approximate surface area is 107 Å². The molecule has 0 aromatic heterocycles. The molecule has 0 aliphatic carbocycles. The van der Waals surface area contributed by atoms with Crippen molar-refractivity contribution >= 4 is 21.6 Å². The van der Waals surface area contributed by atoms with Crippen molar-refractivity contribution in [2.45, 2.75) is 6.42 Å². The lowest BCUT2D eigenvalue weighted by molar-refractivity contribution is 0.0953. The Hall–Kier alpha value is -1.60. The fourth-order valence-electron chi connectivity index (χ4n) is 1.37. The summed E-state index contributed by atoms with van der Waals surface area (Å²) in [5.74, 6) is -0.363. The Bertz CT molecular complexity index is 497. The average molecular weight is 271 g/mol. The van der Waals surface area contributed by atoms with Crippen LogP contribution < -0.4 is 15.8 Å². The van der Waals surface area contributed by atoms with E-state index >= 15 is 0 Å². The Morgan fingerprint density at radius 1 is 1.28 bits per heavy atom. The van der Waals surface area contributed by atoms with Crippen LogP contribution in [0.1, 0.15) is 16.8 Å². The third-order valence-corrected chi connectivity index (χ3v) is 3.18. The number of anilines is 1. The number of amides is 1. The summed E-state index contributed by atoms with van der Waals surface area (Å²) < 4.78 is 21.3. The third-order valence-electron chi connectivity index (χ3n) is 2.33. The van der Waals surface area contributed by atoms with Gasteiger partial charge in [-0.1, -0.05) is 0 Å². The van der Waals surface area contributed by atoms with Crippen LogP contribution in [-0.4, -0.2) is 33.7 Å². The van der Waals surface area contributed by atoms with Crippen LogP contribution in [-0.2, 0) is 10.0 Å². The van der Waals surface area contributed by atoms with Gasteiger partial charge in [0.15, 0.2) is 0 Å². The molecule has 6 nitrogen and oxygen atoms in total. The van der Waals surface area contributed by atoms with Gasteiger partial charge in [-0.15, -0.1) is 0 Å². The first kappa shape index (κ1) is 14.5. The van der Waals surface area contributed by atoms with Crippen molar-refractivity contribution in [3.05, 3.63) is 29.8 Å². The van der Waals surface area contributed by atoms with Crippen molar-refractivity contribution in [1.29, 1.82) is 0 Å². The summed E-state index contributed by atoms with van der Waals surface area (Å²) in [5, 5.41) is 10.4. The molecule has 0 atom stereocenters. The number of sulfonamides is 1. The summed E-state index contributed by atoms with van der Waals surface area (Å²) in [6.45, 7) is 0.281. The lowest BCUT2D eigenvalue weighted by atomic mass is 10.2. The van der Waals surface area contributed by atoms with E-state index in [0.717, 1.165) is 5.69 Å². The zero-order valence-electron chi connectivity index (χ0n) is 10.1. The van der Waals surface area contributed by atoms with Gasteiger partial charge in [0.25, 0.3) is 5.91 Å². The quantitative estimate of drug-likeness (QED) is 0.640. The number of rotatable bonds is 6. The third kappa shape index (κ3) is 5.15. The Balaban J connectivity index is 2.40.